The van der Waals surface area contributed by atoms with Crippen molar-refractivity contribution in [1.82, 2.24) is 0 Å². The molecule has 0 spiro atoms. The average molecular weight is 214 g/mol. The van der Waals surface area contributed by atoms with Crippen LogP contribution in [-0.4, -0.2) is 0 Å². The fraction of sp³-hybridized carbons (Fsp3) is 0.889. The summed E-state index contributed by atoms with van der Waals surface area (Å²) in [6.07, 6.45) is 8.05. The van der Waals surface area contributed by atoms with Crippen LogP contribution >= 0.6 is 0 Å². The van der Waals surface area contributed by atoms with E-state index in [9.17, 15) is 0 Å². The largest absolute Gasteiger partial charge is 0.328 e. The molecule has 57 valence electrons. The zero-order chi connectivity index (χ0) is 6.69. The van der Waals surface area contributed by atoms with E-state index >= 15 is 0 Å². The van der Waals surface area contributed by atoms with Gasteiger partial charge in [-0.1, -0.05) is 38.5 Å². The van der Waals surface area contributed by atoms with Gasteiger partial charge in [0, 0.05) is 32.7 Å². The molecule has 0 heterocycles. The summed E-state index contributed by atoms with van der Waals surface area (Å²) in [5.74, 6) is 1.91. The van der Waals surface area contributed by atoms with Gasteiger partial charge in [-0.3, -0.25) is 0 Å². The van der Waals surface area contributed by atoms with Crippen molar-refractivity contribution in [2.24, 2.45) is 11.8 Å². The average Bonchev–Trinajstić information content (AvgIpc) is 1.97. The zero-order valence-electron chi connectivity index (χ0n) is 7.14. The van der Waals surface area contributed by atoms with Gasteiger partial charge in [0.1, 0.15) is 0 Å². The van der Waals surface area contributed by atoms with Crippen LogP contribution in [-0.2, 0) is 32.7 Å². The minimum Gasteiger partial charge on any atom is -0.328 e. The predicted octanol–water partition coefficient (Wildman–Crippen LogP) is 3.03. The van der Waals surface area contributed by atoms with Crippen LogP contribution in [0.4, 0.5) is 0 Å². The first-order valence-corrected chi connectivity index (χ1v) is 4.10. The Balaban J connectivity index is 0.000000810. The smallest absolute Gasteiger partial charge is 0 e. The monoisotopic (exact) mass is 214 g/mol. The van der Waals surface area contributed by atoms with Crippen molar-refractivity contribution in [2.75, 3.05) is 0 Å². The summed E-state index contributed by atoms with van der Waals surface area (Å²) in [6, 6.07) is 0. The Morgan fingerprint density at radius 3 is 1.80 bits per heavy atom. The maximum Gasteiger partial charge on any atom is 0 e. The summed E-state index contributed by atoms with van der Waals surface area (Å²) in [6.45, 7) is 4.71. The van der Waals surface area contributed by atoms with E-state index in [2.05, 4.69) is 20.3 Å². The van der Waals surface area contributed by atoms with E-state index in [0.29, 0.717) is 0 Å². The minimum absolute atomic E-state index is 0. The van der Waals surface area contributed by atoms with E-state index in [1.54, 1.807) is 0 Å². The van der Waals surface area contributed by atoms with Gasteiger partial charge in [-0.2, -0.15) is 12.8 Å². The molecule has 0 aromatic carbocycles. The van der Waals surface area contributed by atoms with E-state index in [4.69, 9.17) is 0 Å². The summed E-state index contributed by atoms with van der Waals surface area (Å²) in [5, 5.41) is 0. The molecular weight excluding hydrogens is 197 g/mol. The molecule has 0 aliphatic heterocycles. The van der Waals surface area contributed by atoms with Gasteiger partial charge in [-0.05, 0) is 0 Å². The first-order valence-electron chi connectivity index (χ1n) is 4.10. The fourth-order valence-electron chi connectivity index (χ4n) is 1.47. The molecule has 2 atom stereocenters. The predicted molar refractivity (Wildman–Crippen MR) is 41.1 cm³/mol. The molecule has 2 unspecified atom stereocenters. The number of hydrogen-bond acceptors (Lipinski definition) is 0. The van der Waals surface area contributed by atoms with Crippen LogP contribution in [0.3, 0.4) is 0 Å². The van der Waals surface area contributed by atoms with Crippen LogP contribution in [0.1, 0.15) is 39.5 Å². The fourth-order valence-corrected chi connectivity index (χ4v) is 1.47. The zero-order valence-corrected chi connectivity index (χ0v) is 9.98. The Bertz CT molecular complexity index is 70.8. The number of hydrogen-bond donors (Lipinski definition) is 0. The van der Waals surface area contributed by atoms with Gasteiger partial charge in [0.25, 0.3) is 0 Å². The van der Waals surface area contributed by atoms with Gasteiger partial charge >= 0.3 is 0 Å². The van der Waals surface area contributed by atoms with Crippen molar-refractivity contribution in [3.63, 3.8) is 0 Å². The first kappa shape index (κ1) is 11.1. The van der Waals surface area contributed by atoms with Crippen LogP contribution < -0.4 is 0 Å². The molecule has 0 N–H and O–H groups in total. The molecule has 1 fully saturated rings. The second kappa shape index (κ2) is 5.72. The van der Waals surface area contributed by atoms with Crippen molar-refractivity contribution < 1.29 is 32.7 Å². The molecule has 0 nitrogen and oxygen atoms in total. The molecule has 0 aromatic heterocycles. The molecule has 0 amide bonds. The third-order valence-electron chi connectivity index (χ3n) is 2.29. The van der Waals surface area contributed by atoms with Gasteiger partial charge < -0.3 is 6.42 Å². The Kier molecular flexibility index (Phi) is 6.35. The Morgan fingerprint density at radius 2 is 1.40 bits per heavy atom. The van der Waals surface area contributed by atoms with Crippen LogP contribution in [0, 0.1) is 18.3 Å². The van der Waals surface area contributed by atoms with Gasteiger partial charge in [0.15, 0.2) is 0 Å². The van der Waals surface area contributed by atoms with Gasteiger partial charge in [0.05, 0.1) is 0 Å². The minimum atomic E-state index is 0. The van der Waals surface area contributed by atoms with E-state index in [0.717, 1.165) is 11.8 Å². The van der Waals surface area contributed by atoms with Crippen LogP contribution in [0.2, 0.25) is 0 Å². The van der Waals surface area contributed by atoms with Crippen LogP contribution in [0.15, 0.2) is 0 Å². The quantitative estimate of drug-likeness (QED) is 0.429. The summed E-state index contributed by atoms with van der Waals surface area (Å²) >= 11 is 0. The van der Waals surface area contributed by atoms with Gasteiger partial charge in [-0.15, -0.1) is 0 Å². The van der Waals surface area contributed by atoms with Gasteiger partial charge in [0.2, 0.25) is 0 Å². The first-order chi connectivity index (χ1) is 4.29. The molecule has 1 heteroatoms. The van der Waals surface area contributed by atoms with E-state index in [1.807, 2.05) is 0 Å². The summed E-state index contributed by atoms with van der Waals surface area (Å²) in [7, 11) is 0. The molecule has 1 rings (SSSR count). The second-order valence-corrected chi connectivity index (χ2v) is 3.55. The van der Waals surface area contributed by atoms with E-state index in [-0.39, 0.29) is 32.7 Å². The molecule has 0 bridgehead atoms. The summed E-state index contributed by atoms with van der Waals surface area (Å²) < 4.78 is 0. The van der Waals surface area contributed by atoms with Crippen molar-refractivity contribution in [1.29, 1.82) is 0 Å². The summed E-state index contributed by atoms with van der Waals surface area (Å²) in [5.41, 5.74) is 0. The molecule has 1 aliphatic carbocycles. The van der Waals surface area contributed by atoms with Crippen molar-refractivity contribution in [3.05, 3.63) is 6.42 Å². The van der Waals surface area contributed by atoms with Crippen molar-refractivity contribution >= 4 is 0 Å². The standard InChI is InChI=1S/C9H17.Y/c1-8-4-3-5-9(2)7-6-8;/h3,8-9H,4-7H2,1-2H3;/q-1;. The SMILES string of the molecule is CC1C[CH-]CC(C)CC1.[Y]. The van der Waals surface area contributed by atoms with E-state index in [1.165, 1.54) is 25.7 Å². The van der Waals surface area contributed by atoms with Crippen molar-refractivity contribution in [2.45, 2.75) is 39.5 Å². The second-order valence-electron chi connectivity index (χ2n) is 3.55. The van der Waals surface area contributed by atoms with Gasteiger partial charge in [-0.25, -0.2) is 0 Å². The maximum atomic E-state index is 2.46. The van der Waals surface area contributed by atoms with Crippen molar-refractivity contribution in [3.8, 4) is 0 Å². The molecule has 1 radical (unpaired) electrons. The molecule has 1 aliphatic rings. The molecule has 1 saturated carbocycles. The van der Waals surface area contributed by atoms with Crippen LogP contribution in [0.25, 0.3) is 0 Å². The molecule has 0 saturated heterocycles. The summed E-state index contributed by atoms with van der Waals surface area (Å²) in [4.78, 5) is 0. The van der Waals surface area contributed by atoms with E-state index < -0.39 is 0 Å². The Morgan fingerprint density at radius 1 is 1.00 bits per heavy atom. The third-order valence-corrected chi connectivity index (χ3v) is 2.29. The van der Waals surface area contributed by atoms with Crippen LogP contribution in [0.5, 0.6) is 0 Å². The Labute approximate surface area is 90.0 Å². The Hall–Kier alpha value is 1.10. The molecule has 0 aromatic rings. The molecule has 10 heavy (non-hydrogen) atoms. The topological polar surface area (TPSA) is 0 Å². The maximum absolute atomic E-state index is 2.46. The molecular formula is C9H17Y-. The number of rotatable bonds is 0. The third kappa shape index (κ3) is 4.08. The normalized spacial score (nSPS) is 34.2.